The van der Waals surface area contributed by atoms with Gasteiger partial charge in [-0.15, -0.1) is 0 Å². The first-order valence-electron chi connectivity index (χ1n) is 6.86. The monoisotopic (exact) mass is 300 g/mol. The van der Waals surface area contributed by atoms with Gasteiger partial charge in [0, 0.05) is 41.3 Å². The molecule has 0 bridgehead atoms. The van der Waals surface area contributed by atoms with Crippen molar-refractivity contribution in [3.8, 4) is 0 Å². The van der Waals surface area contributed by atoms with Crippen molar-refractivity contribution in [1.82, 2.24) is 10.2 Å². The molecule has 1 aromatic carbocycles. The maximum Gasteiger partial charge on any atom is 0.0452 e. The smallest absolute Gasteiger partial charge is 0.0452 e. The van der Waals surface area contributed by atoms with Crippen LogP contribution in [-0.4, -0.2) is 29.6 Å². The van der Waals surface area contributed by atoms with Crippen molar-refractivity contribution in [3.05, 3.63) is 33.8 Å². The highest BCUT2D eigenvalue weighted by Gasteiger charge is 2.32. The fourth-order valence-corrected chi connectivity index (χ4v) is 2.89. The van der Waals surface area contributed by atoms with Gasteiger partial charge < -0.3 is 5.32 Å². The van der Waals surface area contributed by atoms with Crippen LogP contribution in [0, 0.1) is 0 Å². The van der Waals surface area contributed by atoms with Crippen molar-refractivity contribution < 1.29 is 0 Å². The van der Waals surface area contributed by atoms with E-state index in [9.17, 15) is 0 Å². The Morgan fingerprint density at radius 3 is 2.84 bits per heavy atom. The lowest BCUT2D eigenvalue weighted by molar-refractivity contribution is 0.0866. The van der Waals surface area contributed by atoms with Crippen molar-refractivity contribution in [2.75, 3.05) is 13.1 Å². The molecule has 2 nitrogen and oxygen atoms in total. The second kappa shape index (κ2) is 6.01. The van der Waals surface area contributed by atoms with Crippen LogP contribution in [0.1, 0.15) is 32.8 Å². The molecule has 1 fully saturated rings. The molecular weight excluding hydrogens is 279 g/mol. The van der Waals surface area contributed by atoms with Gasteiger partial charge in [0.15, 0.2) is 0 Å². The maximum absolute atomic E-state index is 6.27. The first-order chi connectivity index (χ1) is 8.93. The van der Waals surface area contributed by atoms with Crippen LogP contribution < -0.4 is 5.32 Å². The van der Waals surface area contributed by atoms with E-state index in [0.717, 1.165) is 41.7 Å². The highest BCUT2D eigenvalue weighted by atomic mass is 35.5. The third-order valence-electron chi connectivity index (χ3n) is 4.16. The van der Waals surface area contributed by atoms with Gasteiger partial charge in [-0.2, -0.15) is 0 Å². The van der Waals surface area contributed by atoms with Crippen LogP contribution in [0.2, 0.25) is 10.0 Å². The average Bonchev–Trinajstić information content (AvgIpc) is 2.38. The van der Waals surface area contributed by atoms with Gasteiger partial charge in [0.1, 0.15) is 0 Å². The molecule has 4 heteroatoms. The van der Waals surface area contributed by atoms with Gasteiger partial charge in [-0.3, -0.25) is 4.90 Å². The van der Waals surface area contributed by atoms with Crippen molar-refractivity contribution >= 4 is 23.2 Å². The van der Waals surface area contributed by atoms with Gasteiger partial charge in [0.2, 0.25) is 0 Å². The Hall–Kier alpha value is -0.280. The Balaban J connectivity index is 2.14. The molecule has 19 heavy (non-hydrogen) atoms. The number of rotatable bonds is 3. The van der Waals surface area contributed by atoms with E-state index < -0.39 is 0 Å². The Morgan fingerprint density at radius 1 is 1.42 bits per heavy atom. The van der Waals surface area contributed by atoms with E-state index in [4.69, 9.17) is 23.2 Å². The maximum atomic E-state index is 6.27. The Bertz CT molecular complexity index is 450. The number of benzene rings is 1. The molecule has 1 N–H and O–H groups in total. The number of piperazine rings is 1. The van der Waals surface area contributed by atoms with E-state index >= 15 is 0 Å². The van der Waals surface area contributed by atoms with Crippen LogP contribution >= 0.6 is 23.2 Å². The Labute approximate surface area is 126 Å². The van der Waals surface area contributed by atoms with Crippen LogP contribution in [0.4, 0.5) is 0 Å². The highest BCUT2D eigenvalue weighted by Crippen LogP contribution is 2.25. The van der Waals surface area contributed by atoms with Crippen LogP contribution in [0.5, 0.6) is 0 Å². The minimum Gasteiger partial charge on any atom is -0.309 e. The second-order valence-corrected chi connectivity index (χ2v) is 6.63. The third kappa shape index (κ3) is 3.63. The lowest BCUT2D eigenvalue weighted by Crippen LogP contribution is -2.61. The summed E-state index contributed by atoms with van der Waals surface area (Å²) < 4.78 is 0. The van der Waals surface area contributed by atoms with E-state index in [1.165, 1.54) is 0 Å². The summed E-state index contributed by atoms with van der Waals surface area (Å²) in [6.07, 6.45) is 1.12. The number of halogens is 2. The average molecular weight is 301 g/mol. The summed E-state index contributed by atoms with van der Waals surface area (Å²) in [6.45, 7) is 9.67. The second-order valence-electron chi connectivity index (χ2n) is 5.78. The zero-order chi connectivity index (χ0) is 14.0. The van der Waals surface area contributed by atoms with Crippen molar-refractivity contribution in [1.29, 1.82) is 0 Å². The molecule has 1 saturated heterocycles. The van der Waals surface area contributed by atoms with E-state index in [0.29, 0.717) is 6.04 Å². The van der Waals surface area contributed by atoms with Crippen LogP contribution in [0.15, 0.2) is 18.2 Å². The van der Waals surface area contributed by atoms with Gasteiger partial charge >= 0.3 is 0 Å². The number of nitrogens with one attached hydrogen (secondary N) is 1. The minimum atomic E-state index is 0.192. The summed E-state index contributed by atoms with van der Waals surface area (Å²) in [6, 6.07) is 6.20. The fourth-order valence-electron chi connectivity index (χ4n) is 2.52. The third-order valence-corrected chi connectivity index (χ3v) is 4.77. The zero-order valence-electron chi connectivity index (χ0n) is 11.8. The molecule has 0 radical (unpaired) electrons. The van der Waals surface area contributed by atoms with Crippen LogP contribution in [-0.2, 0) is 6.54 Å². The molecule has 0 spiro atoms. The number of hydrogen-bond acceptors (Lipinski definition) is 2. The molecule has 1 aliphatic rings. The van der Waals surface area contributed by atoms with Gasteiger partial charge in [-0.25, -0.2) is 0 Å². The first-order valence-corrected chi connectivity index (χ1v) is 7.62. The first kappa shape index (κ1) is 15.1. The van der Waals surface area contributed by atoms with E-state index in [1.807, 2.05) is 18.2 Å². The highest BCUT2D eigenvalue weighted by molar-refractivity contribution is 6.33. The predicted molar refractivity (Wildman–Crippen MR) is 83.0 cm³/mol. The van der Waals surface area contributed by atoms with Gasteiger partial charge in [0.05, 0.1) is 0 Å². The quantitative estimate of drug-likeness (QED) is 0.909. The Kier molecular flexibility index (Phi) is 4.78. The Morgan fingerprint density at radius 2 is 2.16 bits per heavy atom. The van der Waals surface area contributed by atoms with E-state index in [2.05, 4.69) is 31.0 Å². The summed E-state index contributed by atoms with van der Waals surface area (Å²) in [4.78, 5) is 2.48. The molecule has 0 amide bonds. The summed E-state index contributed by atoms with van der Waals surface area (Å²) in [5.74, 6) is 0. The molecule has 2 atom stereocenters. The lowest BCUT2D eigenvalue weighted by Gasteiger charge is -2.45. The SMILES string of the molecule is CCC1(C)CN(Cc2cc(Cl)ccc2Cl)C(C)CN1. The molecule has 0 aliphatic carbocycles. The topological polar surface area (TPSA) is 15.3 Å². The van der Waals surface area contributed by atoms with Crippen molar-refractivity contribution in [3.63, 3.8) is 0 Å². The summed E-state index contributed by atoms with van der Waals surface area (Å²) in [5, 5.41) is 5.19. The lowest BCUT2D eigenvalue weighted by atomic mass is 9.93. The largest absolute Gasteiger partial charge is 0.309 e. The molecule has 1 aliphatic heterocycles. The number of nitrogens with zero attached hydrogens (tertiary/aromatic N) is 1. The van der Waals surface area contributed by atoms with E-state index in [1.54, 1.807) is 0 Å². The molecule has 1 aromatic rings. The summed E-state index contributed by atoms with van der Waals surface area (Å²) in [7, 11) is 0. The van der Waals surface area contributed by atoms with Crippen molar-refractivity contribution in [2.24, 2.45) is 0 Å². The molecule has 2 rings (SSSR count). The van der Waals surface area contributed by atoms with Crippen LogP contribution in [0.25, 0.3) is 0 Å². The summed E-state index contributed by atoms with van der Waals surface area (Å²) in [5.41, 5.74) is 1.30. The predicted octanol–water partition coefficient (Wildman–Crippen LogP) is 3.96. The normalized spacial score (nSPS) is 28.6. The molecule has 2 unspecified atom stereocenters. The van der Waals surface area contributed by atoms with Crippen molar-refractivity contribution in [2.45, 2.75) is 45.3 Å². The molecule has 0 saturated carbocycles. The van der Waals surface area contributed by atoms with Crippen LogP contribution in [0.3, 0.4) is 0 Å². The molecular formula is C15H22Cl2N2. The zero-order valence-corrected chi connectivity index (χ0v) is 13.4. The van der Waals surface area contributed by atoms with Gasteiger partial charge in [0.25, 0.3) is 0 Å². The minimum absolute atomic E-state index is 0.192. The fraction of sp³-hybridized carbons (Fsp3) is 0.600. The van der Waals surface area contributed by atoms with Gasteiger partial charge in [-0.05, 0) is 44.0 Å². The van der Waals surface area contributed by atoms with E-state index in [-0.39, 0.29) is 5.54 Å². The van der Waals surface area contributed by atoms with Gasteiger partial charge in [-0.1, -0.05) is 30.1 Å². The molecule has 106 valence electrons. The summed E-state index contributed by atoms with van der Waals surface area (Å²) >= 11 is 12.3. The molecule has 1 heterocycles. The molecule has 0 aromatic heterocycles. The number of hydrogen-bond donors (Lipinski definition) is 1. The standard InChI is InChI=1S/C15H22Cl2N2/c1-4-15(3)10-19(11(2)8-18-15)9-12-7-13(16)5-6-14(12)17/h5-7,11,18H,4,8-10H2,1-3H3.